The first-order valence-electron chi connectivity index (χ1n) is 11.4. The summed E-state index contributed by atoms with van der Waals surface area (Å²) in [5, 5.41) is 8.89. The molecule has 2 amide bonds. The monoisotopic (exact) mass is 590 g/mol. The Morgan fingerprint density at radius 2 is 1.82 bits per heavy atom. The first-order valence-corrected chi connectivity index (χ1v) is 12.6. The summed E-state index contributed by atoms with van der Waals surface area (Å²) in [6, 6.07) is 4.25. The summed E-state index contributed by atoms with van der Waals surface area (Å²) < 4.78 is 79.9. The number of alkyl halides is 6. The van der Waals surface area contributed by atoms with Gasteiger partial charge in [-0.3, -0.25) is 9.59 Å². The number of rotatable bonds is 3. The van der Waals surface area contributed by atoms with Crippen LogP contribution in [0.15, 0.2) is 24.4 Å². The van der Waals surface area contributed by atoms with Gasteiger partial charge in [0.2, 0.25) is 5.95 Å². The molecule has 0 fully saturated rings. The van der Waals surface area contributed by atoms with Crippen molar-refractivity contribution >= 4 is 51.4 Å². The third-order valence-corrected chi connectivity index (χ3v) is 7.49. The molecule has 0 unspecified atom stereocenters. The van der Waals surface area contributed by atoms with E-state index >= 15 is 0 Å². The van der Waals surface area contributed by atoms with Gasteiger partial charge in [0.15, 0.2) is 0 Å². The average molecular weight is 591 g/mol. The Morgan fingerprint density at radius 1 is 1.08 bits per heavy atom. The fraction of sp³-hybridized carbons (Fsp3) is 0.304. The van der Waals surface area contributed by atoms with Crippen LogP contribution in [0.5, 0.6) is 0 Å². The molecular formula is C23H17ClF6N6O2S. The van der Waals surface area contributed by atoms with E-state index in [0.29, 0.717) is 40.3 Å². The number of thiophene rings is 1. The quantitative estimate of drug-likeness (QED) is 0.362. The Labute approximate surface area is 225 Å². The fourth-order valence-corrected chi connectivity index (χ4v) is 5.56. The lowest BCUT2D eigenvalue weighted by atomic mass is 9.99. The van der Waals surface area contributed by atoms with Crippen molar-refractivity contribution in [2.24, 2.45) is 0 Å². The molecule has 8 nitrogen and oxygen atoms in total. The molecular weight excluding hydrogens is 574 g/mol. The van der Waals surface area contributed by atoms with Gasteiger partial charge in [-0.25, -0.2) is 9.97 Å². The first kappa shape index (κ1) is 27.0. The summed E-state index contributed by atoms with van der Waals surface area (Å²) in [6.45, 7) is 0.306. The van der Waals surface area contributed by atoms with E-state index in [1.54, 1.807) is 0 Å². The number of benzene rings is 1. The van der Waals surface area contributed by atoms with Crippen LogP contribution in [0.4, 0.5) is 43.0 Å². The minimum absolute atomic E-state index is 0.0452. The summed E-state index contributed by atoms with van der Waals surface area (Å²) in [5.74, 6) is -2.59. The number of nitrogens with one attached hydrogen (secondary N) is 3. The van der Waals surface area contributed by atoms with Crippen LogP contribution in [0.1, 0.15) is 27.0 Å². The predicted molar refractivity (Wildman–Crippen MR) is 131 cm³/mol. The van der Waals surface area contributed by atoms with Crippen molar-refractivity contribution in [3.05, 3.63) is 51.7 Å². The second-order valence-electron chi connectivity index (χ2n) is 8.69. The molecule has 16 heteroatoms. The SMILES string of the molecule is O=C1NCCNc2sc(-c3nc(Nc4cc5c(cc4Cl)CN(C(=O)C(F)(F)F)CC5)ncc3C(F)(F)F)cc21. The lowest BCUT2D eigenvalue weighted by Crippen LogP contribution is -2.43. The zero-order valence-corrected chi connectivity index (χ0v) is 21.1. The number of nitrogens with zero attached hydrogens (tertiary/aromatic N) is 3. The number of halogens is 7. The number of anilines is 3. The molecule has 0 spiro atoms. The molecule has 39 heavy (non-hydrogen) atoms. The summed E-state index contributed by atoms with van der Waals surface area (Å²) in [5.41, 5.74) is -0.100. The topological polar surface area (TPSA) is 99.2 Å². The molecule has 0 saturated heterocycles. The fourth-order valence-electron chi connectivity index (χ4n) is 4.24. The van der Waals surface area contributed by atoms with E-state index in [0.717, 1.165) is 11.3 Å². The third-order valence-electron chi connectivity index (χ3n) is 6.08. The van der Waals surface area contributed by atoms with E-state index in [1.165, 1.54) is 18.2 Å². The van der Waals surface area contributed by atoms with Crippen LogP contribution in [0.3, 0.4) is 0 Å². The third kappa shape index (κ3) is 5.45. The smallest absolute Gasteiger partial charge is 0.374 e. The van der Waals surface area contributed by atoms with Crippen LogP contribution in [0, 0.1) is 0 Å². The standard InChI is InChI=1S/C23H17ClF6N6O2S/c24-14-5-11-9-36(20(38)23(28,29)30)4-1-10(11)6-15(14)34-21-33-8-13(22(25,26)27)17(35-21)16-7-12-18(37)31-2-3-32-19(12)39-16/h5-8,32H,1-4,9H2,(H,31,37)(H,33,34,35). The number of amides is 2. The van der Waals surface area contributed by atoms with E-state index in [4.69, 9.17) is 11.6 Å². The highest BCUT2D eigenvalue weighted by Gasteiger charge is 2.43. The highest BCUT2D eigenvalue weighted by molar-refractivity contribution is 7.19. The molecule has 206 valence electrons. The Morgan fingerprint density at radius 3 is 2.54 bits per heavy atom. The molecule has 2 aliphatic heterocycles. The molecule has 0 bridgehead atoms. The van der Waals surface area contributed by atoms with E-state index < -0.39 is 35.4 Å². The second-order valence-corrected chi connectivity index (χ2v) is 10.1. The highest BCUT2D eigenvalue weighted by atomic mass is 35.5. The van der Waals surface area contributed by atoms with Crippen molar-refractivity contribution in [1.82, 2.24) is 20.2 Å². The number of fused-ring (bicyclic) bond motifs is 2. The second kappa shape index (κ2) is 9.86. The first-order chi connectivity index (χ1) is 18.3. The lowest BCUT2D eigenvalue weighted by molar-refractivity contribution is -0.186. The number of carbonyl (C=O) groups excluding carboxylic acids is 2. The van der Waals surface area contributed by atoms with Crippen molar-refractivity contribution in [2.45, 2.75) is 25.3 Å². The largest absolute Gasteiger partial charge is 0.471 e. The minimum Gasteiger partial charge on any atom is -0.374 e. The van der Waals surface area contributed by atoms with Crippen molar-refractivity contribution < 1.29 is 35.9 Å². The molecule has 0 saturated carbocycles. The van der Waals surface area contributed by atoms with Crippen LogP contribution in [0.2, 0.25) is 5.02 Å². The van der Waals surface area contributed by atoms with E-state index in [9.17, 15) is 35.9 Å². The Bertz CT molecular complexity index is 1470. The zero-order chi connectivity index (χ0) is 28.1. The van der Waals surface area contributed by atoms with Gasteiger partial charge in [0.05, 0.1) is 26.8 Å². The lowest BCUT2D eigenvalue weighted by Gasteiger charge is -2.30. The van der Waals surface area contributed by atoms with Gasteiger partial charge in [0, 0.05) is 32.4 Å². The van der Waals surface area contributed by atoms with Gasteiger partial charge < -0.3 is 20.9 Å². The van der Waals surface area contributed by atoms with Crippen molar-refractivity contribution in [1.29, 1.82) is 0 Å². The van der Waals surface area contributed by atoms with Gasteiger partial charge in [-0.2, -0.15) is 26.3 Å². The molecule has 0 atom stereocenters. The van der Waals surface area contributed by atoms with Crippen molar-refractivity contribution in [3.63, 3.8) is 0 Å². The highest BCUT2D eigenvalue weighted by Crippen LogP contribution is 2.42. The summed E-state index contributed by atoms with van der Waals surface area (Å²) >= 11 is 7.26. The number of hydrogen-bond donors (Lipinski definition) is 3. The maximum atomic E-state index is 13.8. The van der Waals surface area contributed by atoms with Crippen LogP contribution < -0.4 is 16.0 Å². The molecule has 2 aliphatic rings. The van der Waals surface area contributed by atoms with E-state index in [2.05, 4.69) is 25.9 Å². The molecule has 5 rings (SSSR count). The average Bonchev–Trinajstić information content (AvgIpc) is 3.21. The Balaban J connectivity index is 1.46. The molecule has 3 aromatic rings. The van der Waals surface area contributed by atoms with Gasteiger partial charge >= 0.3 is 18.3 Å². The normalized spacial score (nSPS) is 15.6. The van der Waals surface area contributed by atoms with Gasteiger partial charge in [0.1, 0.15) is 10.6 Å². The maximum absolute atomic E-state index is 13.8. The summed E-state index contributed by atoms with van der Waals surface area (Å²) in [7, 11) is 0. The summed E-state index contributed by atoms with van der Waals surface area (Å²) in [6.07, 6.45) is -9.05. The maximum Gasteiger partial charge on any atom is 0.471 e. The number of aromatic nitrogens is 2. The van der Waals surface area contributed by atoms with E-state index in [1.807, 2.05) is 0 Å². The molecule has 4 heterocycles. The van der Waals surface area contributed by atoms with Gasteiger partial charge in [-0.1, -0.05) is 11.6 Å². The Kier molecular flexibility index (Phi) is 6.83. The molecule has 0 aliphatic carbocycles. The van der Waals surface area contributed by atoms with Crippen LogP contribution >= 0.6 is 22.9 Å². The van der Waals surface area contributed by atoms with Gasteiger partial charge in [0.25, 0.3) is 5.91 Å². The molecule has 2 aromatic heterocycles. The molecule has 3 N–H and O–H groups in total. The molecule has 0 radical (unpaired) electrons. The van der Waals surface area contributed by atoms with Crippen LogP contribution in [-0.4, -0.2) is 52.5 Å². The van der Waals surface area contributed by atoms with Crippen molar-refractivity contribution in [3.8, 4) is 10.6 Å². The van der Waals surface area contributed by atoms with Gasteiger partial charge in [-0.05, 0) is 35.7 Å². The van der Waals surface area contributed by atoms with Crippen LogP contribution in [-0.2, 0) is 23.9 Å². The minimum atomic E-state index is -5.00. The Hall–Kier alpha value is -3.59. The van der Waals surface area contributed by atoms with Crippen LogP contribution in [0.25, 0.3) is 10.6 Å². The number of carbonyl (C=O) groups is 2. The molecule has 1 aromatic carbocycles. The summed E-state index contributed by atoms with van der Waals surface area (Å²) in [4.78, 5) is 32.5. The predicted octanol–water partition coefficient (Wildman–Crippen LogP) is 5.22. The zero-order valence-electron chi connectivity index (χ0n) is 19.6. The number of hydrogen-bond acceptors (Lipinski definition) is 7. The van der Waals surface area contributed by atoms with Gasteiger partial charge in [-0.15, -0.1) is 11.3 Å². The van der Waals surface area contributed by atoms with Crippen molar-refractivity contribution in [2.75, 3.05) is 30.3 Å². The van der Waals surface area contributed by atoms with E-state index in [-0.39, 0.29) is 46.6 Å².